The number of nitrogens with one attached hydrogen (secondary N) is 2. The van der Waals surface area contributed by atoms with Crippen LogP contribution >= 0.6 is 23.2 Å². The van der Waals surface area contributed by atoms with E-state index in [9.17, 15) is 9.90 Å². The minimum Gasteiger partial charge on any atom is -0.506 e. The normalized spacial score (nSPS) is 12.2. The summed E-state index contributed by atoms with van der Waals surface area (Å²) in [4.78, 5) is 12.1. The Hall–Kier alpha value is -2.24. The Kier molecular flexibility index (Phi) is 6.06. The van der Waals surface area contributed by atoms with Crippen molar-refractivity contribution < 1.29 is 9.90 Å². The number of amides is 1. The Morgan fingerprint density at radius 3 is 2.71 bits per heavy atom. The molecule has 7 heteroatoms. The first kappa shape index (κ1) is 18.1. The Morgan fingerprint density at radius 2 is 2.00 bits per heavy atom. The zero-order valence-corrected chi connectivity index (χ0v) is 14.7. The van der Waals surface area contributed by atoms with E-state index in [1.807, 2.05) is 31.2 Å². The molecule has 0 aromatic heterocycles. The number of hydrogen-bond donors (Lipinski definition) is 3. The molecule has 3 N–H and O–H groups in total. The number of carbonyl (C=O) groups is 1. The van der Waals surface area contributed by atoms with Crippen LogP contribution in [0.4, 0.5) is 5.69 Å². The number of rotatable bonds is 5. The number of phenolic OH excluding ortho intramolecular Hbond substituents is 1. The van der Waals surface area contributed by atoms with Crippen molar-refractivity contribution >= 4 is 41.0 Å². The van der Waals surface area contributed by atoms with Gasteiger partial charge in [-0.2, -0.15) is 5.10 Å². The van der Waals surface area contributed by atoms with E-state index in [4.69, 9.17) is 23.2 Å². The second-order valence-electron chi connectivity index (χ2n) is 5.24. The molecular formula is C17H17Cl2N3O2. The van der Waals surface area contributed by atoms with Crippen molar-refractivity contribution in [3.05, 3.63) is 57.6 Å². The molecule has 0 bridgehead atoms. The minimum atomic E-state index is -0.486. The monoisotopic (exact) mass is 365 g/mol. The highest BCUT2D eigenvalue weighted by Gasteiger charge is 2.12. The van der Waals surface area contributed by atoms with Gasteiger partial charge in [0.25, 0.3) is 5.91 Å². The van der Waals surface area contributed by atoms with Crippen molar-refractivity contribution in [3.8, 4) is 5.75 Å². The van der Waals surface area contributed by atoms with Gasteiger partial charge in [0, 0.05) is 16.3 Å². The van der Waals surface area contributed by atoms with Crippen molar-refractivity contribution in [2.45, 2.75) is 19.9 Å². The highest BCUT2D eigenvalue weighted by atomic mass is 35.5. The van der Waals surface area contributed by atoms with Gasteiger partial charge in [-0.25, -0.2) is 5.43 Å². The maximum Gasteiger partial charge on any atom is 0.262 e. The van der Waals surface area contributed by atoms with Crippen LogP contribution in [0.5, 0.6) is 5.75 Å². The molecule has 1 amide bonds. The van der Waals surface area contributed by atoms with Crippen LogP contribution in [0, 0.1) is 6.92 Å². The number of hydrazone groups is 1. The zero-order chi connectivity index (χ0) is 17.7. The number of phenols is 1. The zero-order valence-electron chi connectivity index (χ0n) is 13.2. The van der Waals surface area contributed by atoms with Crippen LogP contribution in [0.2, 0.25) is 10.0 Å². The first-order valence-corrected chi connectivity index (χ1v) is 7.97. The van der Waals surface area contributed by atoms with Crippen LogP contribution in [0.25, 0.3) is 0 Å². The van der Waals surface area contributed by atoms with E-state index in [1.165, 1.54) is 18.3 Å². The van der Waals surface area contributed by atoms with Crippen LogP contribution in [0.3, 0.4) is 0 Å². The van der Waals surface area contributed by atoms with Gasteiger partial charge in [-0.15, -0.1) is 0 Å². The van der Waals surface area contributed by atoms with Gasteiger partial charge in [0.1, 0.15) is 11.8 Å². The molecule has 0 saturated heterocycles. The molecule has 0 aliphatic heterocycles. The molecule has 5 nitrogen and oxygen atoms in total. The van der Waals surface area contributed by atoms with E-state index in [1.54, 1.807) is 6.92 Å². The van der Waals surface area contributed by atoms with Crippen molar-refractivity contribution in [1.29, 1.82) is 0 Å². The predicted octanol–water partition coefficient (Wildman–Crippen LogP) is 3.96. The topological polar surface area (TPSA) is 73.7 Å². The summed E-state index contributed by atoms with van der Waals surface area (Å²) in [5.41, 5.74) is 4.64. The third-order valence-electron chi connectivity index (χ3n) is 3.35. The average Bonchev–Trinajstić information content (AvgIpc) is 2.53. The van der Waals surface area contributed by atoms with E-state index in [2.05, 4.69) is 15.8 Å². The van der Waals surface area contributed by atoms with Crippen LogP contribution < -0.4 is 10.7 Å². The number of anilines is 1. The van der Waals surface area contributed by atoms with Crippen molar-refractivity contribution in [1.82, 2.24) is 5.43 Å². The van der Waals surface area contributed by atoms with Crippen molar-refractivity contribution in [2.24, 2.45) is 5.10 Å². The third-order valence-corrected chi connectivity index (χ3v) is 3.85. The molecule has 2 aromatic carbocycles. The molecule has 0 aliphatic carbocycles. The van der Waals surface area contributed by atoms with E-state index in [0.717, 1.165) is 11.3 Å². The first-order chi connectivity index (χ1) is 11.4. The Morgan fingerprint density at radius 1 is 1.29 bits per heavy atom. The van der Waals surface area contributed by atoms with Crippen LogP contribution in [0.15, 0.2) is 41.5 Å². The van der Waals surface area contributed by atoms with E-state index >= 15 is 0 Å². The van der Waals surface area contributed by atoms with Gasteiger partial charge >= 0.3 is 0 Å². The number of carbonyl (C=O) groups excluding carboxylic acids is 1. The molecule has 2 rings (SSSR count). The van der Waals surface area contributed by atoms with Gasteiger partial charge in [-0.1, -0.05) is 41.4 Å². The maximum atomic E-state index is 12.1. The lowest BCUT2D eigenvalue weighted by atomic mass is 10.2. The Labute approximate surface area is 150 Å². The van der Waals surface area contributed by atoms with Crippen LogP contribution in [0.1, 0.15) is 18.1 Å². The van der Waals surface area contributed by atoms with Gasteiger partial charge in [-0.05, 0) is 37.6 Å². The number of benzene rings is 2. The minimum absolute atomic E-state index is 0.116. The fraction of sp³-hybridized carbons (Fsp3) is 0.176. The van der Waals surface area contributed by atoms with Crippen molar-refractivity contribution in [2.75, 3.05) is 5.32 Å². The molecule has 0 radical (unpaired) electrons. The van der Waals surface area contributed by atoms with Gasteiger partial charge in [-0.3, -0.25) is 4.79 Å². The van der Waals surface area contributed by atoms with E-state index in [-0.39, 0.29) is 16.7 Å². The number of nitrogens with zero attached hydrogens (tertiary/aromatic N) is 1. The highest BCUT2D eigenvalue weighted by Crippen LogP contribution is 2.29. The summed E-state index contributed by atoms with van der Waals surface area (Å²) in [5.74, 6) is -0.465. The maximum absolute atomic E-state index is 12.1. The summed E-state index contributed by atoms with van der Waals surface area (Å²) in [6.07, 6.45) is 1.28. The molecule has 0 fully saturated rings. The molecule has 0 spiro atoms. The summed E-state index contributed by atoms with van der Waals surface area (Å²) in [5, 5.41) is 17.2. The summed E-state index contributed by atoms with van der Waals surface area (Å²) < 4.78 is 0. The number of para-hydroxylation sites is 1. The van der Waals surface area contributed by atoms with Crippen LogP contribution in [-0.2, 0) is 4.79 Å². The lowest BCUT2D eigenvalue weighted by Gasteiger charge is -2.15. The number of halogens is 2. The van der Waals surface area contributed by atoms with Crippen molar-refractivity contribution in [3.63, 3.8) is 0 Å². The summed E-state index contributed by atoms with van der Waals surface area (Å²) in [6, 6.07) is 10.1. The molecule has 0 aliphatic rings. The quantitative estimate of drug-likeness (QED) is 0.554. The van der Waals surface area contributed by atoms with E-state index in [0.29, 0.717) is 10.6 Å². The number of hydrogen-bond acceptors (Lipinski definition) is 4. The van der Waals surface area contributed by atoms with Gasteiger partial charge < -0.3 is 10.4 Å². The summed E-state index contributed by atoms with van der Waals surface area (Å²) in [7, 11) is 0. The fourth-order valence-electron chi connectivity index (χ4n) is 1.98. The van der Waals surface area contributed by atoms with Crippen LogP contribution in [-0.4, -0.2) is 23.3 Å². The van der Waals surface area contributed by atoms with Gasteiger partial charge in [0.15, 0.2) is 0 Å². The molecule has 1 atom stereocenters. The standard InChI is InChI=1S/C17H17Cl2N3O2/c1-10-5-3-4-6-15(10)21-11(2)17(24)22-20-9-12-7-13(18)8-14(19)16(12)23/h3-9,11,21,23H,1-2H3,(H,22,24). The SMILES string of the molecule is Cc1ccccc1NC(C)C(=O)NN=Cc1cc(Cl)cc(Cl)c1O. The molecule has 126 valence electrons. The highest BCUT2D eigenvalue weighted by molar-refractivity contribution is 6.36. The number of aryl methyl sites for hydroxylation is 1. The fourth-order valence-corrected chi connectivity index (χ4v) is 2.49. The summed E-state index contributed by atoms with van der Waals surface area (Å²) in [6.45, 7) is 3.68. The first-order valence-electron chi connectivity index (χ1n) is 7.21. The summed E-state index contributed by atoms with van der Waals surface area (Å²) >= 11 is 11.7. The number of aromatic hydroxyl groups is 1. The molecule has 2 aromatic rings. The smallest absolute Gasteiger partial charge is 0.262 e. The third kappa shape index (κ3) is 4.63. The second kappa shape index (κ2) is 8.04. The second-order valence-corrected chi connectivity index (χ2v) is 6.08. The lowest BCUT2D eigenvalue weighted by molar-refractivity contribution is -0.121. The predicted molar refractivity (Wildman–Crippen MR) is 98.1 cm³/mol. The molecule has 0 heterocycles. The molecule has 0 saturated carbocycles. The average molecular weight is 366 g/mol. The van der Waals surface area contributed by atoms with Gasteiger partial charge in [0.05, 0.1) is 11.2 Å². The Bertz CT molecular complexity index is 778. The van der Waals surface area contributed by atoms with Gasteiger partial charge in [0.2, 0.25) is 0 Å². The molecular weight excluding hydrogens is 349 g/mol. The lowest BCUT2D eigenvalue weighted by Crippen LogP contribution is -2.35. The molecule has 1 unspecified atom stereocenters. The molecule has 24 heavy (non-hydrogen) atoms. The Balaban J connectivity index is 1.99. The van der Waals surface area contributed by atoms with E-state index < -0.39 is 6.04 Å². The largest absolute Gasteiger partial charge is 0.506 e.